The molecule has 256 valence electrons. The second-order valence-electron chi connectivity index (χ2n) is 17.3. The molecular weight excluding hydrogens is 635 g/mol. The van der Waals surface area contributed by atoms with Crippen molar-refractivity contribution >= 4 is 57.2 Å². The Bertz CT molecular complexity index is 2410. The molecule has 10 rings (SSSR count). The lowest BCUT2D eigenvalue weighted by Gasteiger charge is -2.41. The highest BCUT2D eigenvalue weighted by Gasteiger charge is 2.49. The van der Waals surface area contributed by atoms with Crippen LogP contribution < -0.4 is 35.7 Å². The predicted octanol–water partition coefficient (Wildman–Crippen LogP) is 10.9. The highest BCUT2D eigenvalue weighted by molar-refractivity contribution is 6.98. The van der Waals surface area contributed by atoms with Crippen molar-refractivity contribution in [1.82, 2.24) is 0 Å². The maximum atomic E-state index is 7.29. The minimum atomic E-state index is -0.0327. The van der Waals surface area contributed by atoms with Gasteiger partial charge in [-0.15, -0.1) is 0 Å². The molecule has 0 aromatic heterocycles. The molecule has 0 bridgehead atoms. The van der Waals surface area contributed by atoms with Crippen LogP contribution in [0, 0.1) is 0 Å². The average molecular weight is 679 g/mol. The van der Waals surface area contributed by atoms with E-state index in [0.29, 0.717) is 0 Å². The third kappa shape index (κ3) is 4.41. The van der Waals surface area contributed by atoms with Crippen molar-refractivity contribution in [2.75, 3.05) is 9.80 Å². The van der Waals surface area contributed by atoms with Crippen LogP contribution >= 0.6 is 0 Å². The standard InChI is InChI=1S/C47H43BN2O2/c1-45(2,3)29-21-24-39-34(25-29)48-33-23-22-32-42(47(6,7)28-46(32,4)5)44(33)52-41-27-31(26-40(51-39)43(41)48)50-37-19-13-11-17-35(37)49(30-15-9-8-10-16-30)36-18-12-14-20-38(36)50/h8-27H,28H2,1-7H3. The predicted molar refractivity (Wildman–Crippen MR) is 216 cm³/mol. The Kier molecular flexibility index (Phi) is 6.37. The Morgan fingerprint density at radius 3 is 1.75 bits per heavy atom. The highest BCUT2D eigenvalue weighted by Crippen LogP contribution is 2.57. The zero-order valence-corrected chi connectivity index (χ0v) is 31.0. The number of hydrogen-bond donors (Lipinski definition) is 0. The lowest BCUT2D eigenvalue weighted by atomic mass is 9.34. The molecule has 52 heavy (non-hydrogen) atoms. The van der Waals surface area contributed by atoms with Gasteiger partial charge in [-0.05, 0) is 87.2 Å². The molecule has 4 aliphatic rings. The number of benzene rings is 6. The summed E-state index contributed by atoms with van der Waals surface area (Å²) in [6, 6.07) is 44.0. The number of ether oxygens (including phenoxy) is 2. The first-order valence-corrected chi connectivity index (χ1v) is 18.6. The summed E-state index contributed by atoms with van der Waals surface area (Å²) >= 11 is 0. The molecule has 0 unspecified atom stereocenters. The first kappa shape index (κ1) is 31.3. The van der Waals surface area contributed by atoms with E-state index in [9.17, 15) is 0 Å². The van der Waals surface area contributed by atoms with Gasteiger partial charge < -0.3 is 19.3 Å². The second kappa shape index (κ2) is 10.6. The quantitative estimate of drug-likeness (QED) is 0.170. The molecule has 6 aromatic carbocycles. The minimum Gasteiger partial charge on any atom is -0.458 e. The number of nitrogens with zero attached hydrogens (tertiary/aromatic N) is 2. The van der Waals surface area contributed by atoms with Crippen molar-refractivity contribution < 1.29 is 9.47 Å². The normalized spacial score (nSPS) is 16.8. The molecule has 0 spiro atoms. The number of para-hydroxylation sites is 5. The molecule has 5 heteroatoms. The smallest absolute Gasteiger partial charge is 0.260 e. The van der Waals surface area contributed by atoms with Gasteiger partial charge in [-0.1, -0.05) is 115 Å². The summed E-state index contributed by atoms with van der Waals surface area (Å²) in [5, 5.41) is 0. The number of hydrogen-bond acceptors (Lipinski definition) is 4. The van der Waals surface area contributed by atoms with Crippen molar-refractivity contribution in [2.24, 2.45) is 0 Å². The van der Waals surface area contributed by atoms with Gasteiger partial charge in [0.2, 0.25) is 0 Å². The highest BCUT2D eigenvalue weighted by atomic mass is 16.5. The molecule has 3 heterocycles. The van der Waals surface area contributed by atoms with E-state index < -0.39 is 0 Å². The van der Waals surface area contributed by atoms with Crippen LogP contribution in [0.25, 0.3) is 0 Å². The fraction of sp³-hybridized carbons (Fsp3) is 0.234. The molecule has 0 saturated heterocycles. The van der Waals surface area contributed by atoms with Crippen LogP contribution in [0.4, 0.5) is 34.1 Å². The molecule has 0 saturated carbocycles. The van der Waals surface area contributed by atoms with E-state index in [2.05, 4.69) is 180 Å². The van der Waals surface area contributed by atoms with Crippen molar-refractivity contribution in [3.8, 4) is 23.0 Å². The van der Waals surface area contributed by atoms with E-state index in [4.69, 9.17) is 9.47 Å². The first-order valence-electron chi connectivity index (χ1n) is 18.6. The summed E-state index contributed by atoms with van der Waals surface area (Å²) in [6.07, 6.45) is 1.07. The van der Waals surface area contributed by atoms with E-state index in [-0.39, 0.29) is 23.0 Å². The summed E-state index contributed by atoms with van der Waals surface area (Å²) < 4.78 is 14.2. The molecule has 0 fully saturated rings. The average Bonchev–Trinajstić information content (AvgIpc) is 3.32. The zero-order valence-electron chi connectivity index (χ0n) is 31.0. The third-order valence-corrected chi connectivity index (χ3v) is 11.8. The van der Waals surface area contributed by atoms with Crippen LogP contribution in [0.5, 0.6) is 23.0 Å². The molecule has 0 amide bonds. The number of anilines is 6. The summed E-state index contributed by atoms with van der Waals surface area (Å²) in [6.45, 7) is 16.4. The van der Waals surface area contributed by atoms with Crippen LogP contribution in [0.15, 0.2) is 121 Å². The molecule has 0 radical (unpaired) electrons. The van der Waals surface area contributed by atoms with E-state index >= 15 is 0 Å². The summed E-state index contributed by atoms with van der Waals surface area (Å²) in [5.41, 5.74) is 14.2. The van der Waals surface area contributed by atoms with Gasteiger partial charge in [-0.25, -0.2) is 0 Å². The zero-order chi connectivity index (χ0) is 35.7. The molecule has 1 aliphatic carbocycles. The van der Waals surface area contributed by atoms with Crippen LogP contribution in [0.2, 0.25) is 0 Å². The second-order valence-corrected chi connectivity index (χ2v) is 17.3. The van der Waals surface area contributed by atoms with Gasteiger partial charge >= 0.3 is 0 Å². The Labute approximate surface area is 307 Å². The van der Waals surface area contributed by atoms with Gasteiger partial charge in [-0.3, -0.25) is 0 Å². The van der Waals surface area contributed by atoms with Gasteiger partial charge in [0.05, 0.1) is 28.4 Å². The van der Waals surface area contributed by atoms with Crippen molar-refractivity contribution in [1.29, 1.82) is 0 Å². The minimum absolute atomic E-state index is 0.00260. The Hall–Kier alpha value is -5.42. The number of rotatable bonds is 2. The monoisotopic (exact) mass is 678 g/mol. The molecule has 0 atom stereocenters. The SMILES string of the molecule is CC(C)(C)c1ccc2c(c1)B1c3ccc4c(c3Oc3cc(N5c6ccccc6N(c6ccccc6)c6ccccc65)cc(c31)O2)C(C)(C)CC4(C)C. The Morgan fingerprint density at radius 1 is 0.558 bits per heavy atom. The largest absolute Gasteiger partial charge is 0.458 e. The molecule has 4 nitrogen and oxygen atoms in total. The molecule has 6 aromatic rings. The molecule has 3 aliphatic heterocycles. The fourth-order valence-corrected chi connectivity index (χ4v) is 9.75. The molecule has 0 N–H and O–H groups in total. The topological polar surface area (TPSA) is 24.9 Å². The maximum Gasteiger partial charge on any atom is 0.260 e. The summed E-state index contributed by atoms with van der Waals surface area (Å²) in [7, 11) is 0. The van der Waals surface area contributed by atoms with E-state index in [0.717, 1.165) is 69.0 Å². The van der Waals surface area contributed by atoms with Crippen LogP contribution in [-0.2, 0) is 16.2 Å². The van der Waals surface area contributed by atoms with Crippen molar-refractivity contribution in [3.63, 3.8) is 0 Å². The van der Waals surface area contributed by atoms with Gasteiger partial charge in [-0.2, -0.15) is 0 Å². The van der Waals surface area contributed by atoms with Crippen molar-refractivity contribution in [3.05, 3.63) is 138 Å². The fourth-order valence-electron chi connectivity index (χ4n) is 9.75. The number of fused-ring (bicyclic) bond motifs is 8. The summed E-state index contributed by atoms with van der Waals surface area (Å²) in [5.74, 6) is 3.65. The lowest BCUT2D eigenvalue weighted by molar-refractivity contribution is 0.394. The van der Waals surface area contributed by atoms with E-state index in [1.807, 2.05) is 0 Å². The Balaban J connectivity index is 1.22. The summed E-state index contributed by atoms with van der Waals surface area (Å²) in [4.78, 5) is 4.73. The third-order valence-electron chi connectivity index (χ3n) is 11.8. The van der Waals surface area contributed by atoms with Crippen molar-refractivity contribution in [2.45, 2.75) is 71.1 Å². The lowest BCUT2D eigenvalue weighted by Crippen LogP contribution is -2.58. The first-order chi connectivity index (χ1) is 24.9. The van der Waals surface area contributed by atoms with E-state index in [1.54, 1.807) is 0 Å². The van der Waals surface area contributed by atoms with Gasteiger partial charge in [0.25, 0.3) is 6.71 Å². The van der Waals surface area contributed by atoms with Crippen LogP contribution in [-0.4, -0.2) is 6.71 Å². The molecular formula is C47H43BN2O2. The van der Waals surface area contributed by atoms with Gasteiger partial charge in [0, 0.05) is 28.8 Å². The van der Waals surface area contributed by atoms with Crippen LogP contribution in [0.1, 0.15) is 71.6 Å². The Morgan fingerprint density at radius 2 is 1.13 bits per heavy atom. The van der Waals surface area contributed by atoms with Gasteiger partial charge in [0.15, 0.2) is 0 Å². The maximum absolute atomic E-state index is 7.29. The van der Waals surface area contributed by atoms with E-state index in [1.165, 1.54) is 27.6 Å². The van der Waals surface area contributed by atoms with Gasteiger partial charge in [0.1, 0.15) is 23.0 Å². The van der Waals surface area contributed by atoms with Crippen LogP contribution in [0.3, 0.4) is 0 Å².